The number of rotatable bonds is 2. The fourth-order valence-electron chi connectivity index (χ4n) is 0.434. The molecule has 10 heavy (non-hydrogen) atoms. The normalized spacial score (nSPS) is 9.80. The van der Waals surface area contributed by atoms with Gasteiger partial charge in [0.05, 0.1) is 13.1 Å². The van der Waals surface area contributed by atoms with E-state index >= 15 is 0 Å². The predicted molar refractivity (Wildman–Crippen MR) is 33.4 cm³/mol. The Hall–Kier alpha value is -1.14. The minimum atomic E-state index is 0.255. The first-order valence-electron chi connectivity index (χ1n) is 2.82. The molecule has 4 N–H and O–H groups in total. The molecule has 6 nitrogen and oxygen atoms in total. The first-order valence-corrected chi connectivity index (χ1v) is 2.82. The summed E-state index contributed by atoms with van der Waals surface area (Å²) in [7, 11) is 0. The largest absolute Gasteiger partial charge is 0.324 e. The van der Waals surface area contributed by atoms with Crippen LogP contribution in [-0.4, -0.2) is 20.4 Å². The highest BCUT2D eigenvalue weighted by Gasteiger charge is 1.95. The fraction of sp³-hybridized carbons (Fsp3) is 0.500. The molecule has 1 rings (SSSR count). The molecule has 0 saturated heterocycles. The number of aromatic nitrogens is 4. The van der Waals surface area contributed by atoms with Crippen molar-refractivity contribution in [3.8, 4) is 0 Å². The summed E-state index contributed by atoms with van der Waals surface area (Å²) < 4.78 is 0. The van der Waals surface area contributed by atoms with Crippen LogP contribution >= 0.6 is 0 Å². The van der Waals surface area contributed by atoms with E-state index in [1.807, 2.05) is 0 Å². The van der Waals surface area contributed by atoms with Gasteiger partial charge in [0.1, 0.15) is 0 Å². The second-order valence-electron chi connectivity index (χ2n) is 1.64. The Bertz CT molecular complexity index is 170. The van der Waals surface area contributed by atoms with Crippen LogP contribution in [0.25, 0.3) is 0 Å². The topological polar surface area (TPSA) is 104 Å². The monoisotopic (exact) mass is 140 g/mol. The molecular formula is C4H8N6. The zero-order valence-corrected chi connectivity index (χ0v) is 5.36. The third-order valence-corrected chi connectivity index (χ3v) is 0.927. The van der Waals surface area contributed by atoms with Gasteiger partial charge in [-0.2, -0.15) is 0 Å². The van der Waals surface area contributed by atoms with Gasteiger partial charge in [-0.05, 0) is 0 Å². The maximum atomic E-state index is 5.21. The lowest BCUT2D eigenvalue weighted by Crippen LogP contribution is -2.11. The maximum absolute atomic E-state index is 5.21. The van der Waals surface area contributed by atoms with Crippen molar-refractivity contribution in [3.63, 3.8) is 0 Å². The zero-order chi connectivity index (χ0) is 7.40. The summed E-state index contributed by atoms with van der Waals surface area (Å²) in [5.41, 5.74) is 10.4. The highest BCUT2D eigenvalue weighted by Crippen LogP contribution is 1.82. The van der Waals surface area contributed by atoms with Gasteiger partial charge in [0.25, 0.3) is 0 Å². The molecule has 1 aromatic heterocycles. The highest BCUT2D eigenvalue weighted by molar-refractivity contribution is 4.79. The van der Waals surface area contributed by atoms with E-state index in [1.165, 1.54) is 0 Å². The van der Waals surface area contributed by atoms with Crippen molar-refractivity contribution in [1.82, 2.24) is 20.4 Å². The van der Waals surface area contributed by atoms with Crippen LogP contribution in [0.15, 0.2) is 0 Å². The van der Waals surface area contributed by atoms with E-state index < -0.39 is 0 Å². The Balaban J connectivity index is 2.80. The SMILES string of the molecule is NCc1nnc(CN)nn1. The molecule has 0 unspecified atom stereocenters. The molecule has 6 heteroatoms. The molecule has 0 atom stereocenters. The third kappa shape index (κ3) is 1.42. The quantitative estimate of drug-likeness (QED) is 0.501. The van der Waals surface area contributed by atoms with Crippen LogP contribution in [0.1, 0.15) is 11.6 Å². The van der Waals surface area contributed by atoms with Crippen LogP contribution < -0.4 is 11.5 Å². The molecule has 0 aliphatic carbocycles. The smallest absolute Gasteiger partial charge is 0.187 e. The molecular weight excluding hydrogens is 132 g/mol. The average Bonchev–Trinajstić information content (AvgIpc) is 2.05. The molecule has 0 bridgehead atoms. The summed E-state index contributed by atoms with van der Waals surface area (Å²) >= 11 is 0. The fourth-order valence-corrected chi connectivity index (χ4v) is 0.434. The summed E-state index contributed by atoms with van der Waals surface area (Å²) in [4.78, 5) is 0. The molecule has 0 amide bonds. The Morgan fingerprint density at radius 1 is 0.800 bits per heavy atom. The van der Waals surface area contributed by atoms with E-state index in [2.05, 4.69) is 20.4 Å². The van der Waals surface area contributed by atoms with E-state index in [0.717, 1.165) is 0 Å². The minimum Gasteiger partial charge on any atom is -0.324 e. The zero-order valence-electron chi connectivity index (χ0n) is 5.36. The second-order valence-corrected chi connectivity index (χ2v) is 1.64. The van der Waals surface area contributed by atoms with Crippen LogP contribution in [0, 0.1) is 0 Å². The van der Waals surface area contributed by atoms with Crippen LogP contribution in [-0.2, 0) is 13.1 Å². The molecule has 0 saturated carbocycles. The number of nitrogens with zero attached hydrogens (tertiary/aromatic N) is 4. The summed E-state index contributed by atoms with van der Waals surface area (Å²) in [6.45, 7) is 0.510. The van der Waals surface area contributed by atoms with Crippen molar-refractivity contribution in [2.24, 2.45) is 11.5 Å². The predicted octanol–water partition coefficient (Wildman–Crippen LogP) is -1.82. The van der Waals surface area contributed by atoms with Crippen molar-refractivity contribution in [2.45, 2.75) is 13.1 Å². The summed E-state index contributed by atoms with van der Waals surface area (Å²) in [6.07, 6.45) is 0. The van der Waals surface area contributed by atoms with E-state index in [-0.39, 0.29) is 13.1 Å². The van der Waals surface area contributed by atoms with Crippen molar-refractivity contribution in [3.05, 3.63) is 11.6 Å². The average molecular weight is 140 g/mol. The van der Waals surface area contributed by atoms with Crippen molar-refractivity contribution in [2.75, 3.05) is 0 Å². The Labute approximate surface area is 57.7 Å². The van der Waals surface area contributed by atoms with Gasteiger partial charge in [-0.3, -0.25) is 0 Å². The van der Waals surface area contributed by atoms with Crippen LogP contribution in [0.5, 0.6) is 0 Å². The van der Waals surface area contributed by atoms with Crippen LogP contribution in [0.2, 0.25) is 0 Å². The standard InChI is InChI=1S/C4H8N6/c5-1-3-7-9-4(2-6)10-8-3/h1-2,5-6H2. The van der Waals surface area contributed by atoms with Gasteiger partial charge in [0.2, 0.25) is 0 Å². The van der Waals surface area contributed by atoms with Crippen LogP contribution in [0.3, 0.4) is 0 Å². The van der Waals surface area contributed by atoms with E-state index in [0.29, 0.717) is 11.6 Å². The van der Waals surface area contributed by atoms with Gasteiger partial charge in [0.15, 0.2) is 11.6 Å². The van der Waals surface area contributed by atoms with Crippen molar-refractivity contribution in [1.29, 1.82) is 0 Å². The van der Waals surface area contributed by atoms with Crippen molar-refractivity contribution < 1.29 is 0 Å². The maximum Gasteiger partial charge on any atom is 0.187 e. The molecule has 0 aliphatic heterocycles. The van der Waals surface area contributed by atoms with Gasteiger partial charge in [0, 0.05) is 0 Å². The second kappa shape index (κ2) is 3.14. The van der Waals surface area contributed by atoms with Gasteiger partial charge in [-0.25, -0.2) is 0 Å². The first-order chi connectivity index (χ1) is 4.86. The molecule has 0 radical (unpaired) electrons. The first kappa shape index (κ1) is 6.97. The number of hydrogen-bond acceptors (Lipinski definition) is 6. The molecule has 0 aliphatic rings. The lowest BCUT2D eigenvalue weighted by Gasteiger charge is -1.92. The van der Waals surface area contributed by atoms with E-state index in [1.54, 1.807) is 0 Å². The number of hydrogen-bond donors (Lipinski definition) is 2. The minimum absolute atomic E-state index is 0.255. The molecule has 0 fully saturated rings. The van der Waals surface area contributed by atoms with Gasteiger partial charge in [-0.15, -0.1) is 20.4 Å². The highest BCUT2D eigenvalue weighted by atomic mass is 15.3. The Morgan fingerprint density at radius 2 is 1.10 bits per heavy atom. The summed E-state index contributed by atoms with van der Waals surface area (Å²) in [5, 5.41) is 14.6. The lowest BCUT2D eigenvalue weighted by atomic mass is 10.6. The Kier molecular flexibility index (Phi) is 2.19. The molecule has 0 spiro atoms. The van der Waals surface area contributed by atoms with Gasteiger partial charge < -0.3 is 11.5 Å². The van der Waals surface area contributed by atoms with Gasteiger partial charge >= 0.3 is 0 Å². The van der Waals surface area contributed by atoms with E-state index in [4.69, 9.17) is 11.5 Å². The molecule has 0 aromatic carbocycles. The summed E-state index contributed by atoms with van der Waals surface area (Å²) in [5.74, 6) is 0.856. The molecule has 54 valence electrons. The van der Waals surface area contributed by atoms with Crippen LogP contribution in [0.4, 0.5) is 0 Å². The van der Waals surface area contributed by atoms with Gasteiger partial charge in [-0.1, -0.05) is 0 Å². The lowest BCUT2D eigenvalue weighted by molar-refractivity contribution is 0.700. The summed E-state index contributed by atoms with van der Waals surface area (Å²) in [6, 6.07) is 0. The molecule has 1 aromatic rings. The number of nitrogens with two attached hydrogens (primary N) is 2. The van der Waals surface area contributed by atoms with Crippen molar-refractivity contribution >= 4 is 0 Å². The third-order valence-electron chi connectivity index (χ3n) is 0.927. The molecule has 1 heterocycles. The van der Waals surface area contributed by atoms with E-state index in [9.17, 15) is 0 Å². The Morgan fingerprint density at radius 3 is 1.30 bits per heavy atom.